The van der Waals surface area contributed by atoms with Crippen LogP contribution in [0.3, 0.4) is 0 Å². The number of ether oxygens (including phenoxy) is 1. The van der Waals surface area contributed by atoms with Gasteiger partial charge >= 0.3 is 0 Å². The summed E-state index contributed by atoms with van der Waals surface area (Å²) >= 11 is 0. The van der Waals surface area contributed by atoms with Gasteiger partial charge in [-0.2, -0.15) is 0 Å². The number of carbonyl (C=O) groups is 1. The highest BCUT2D eigenvalue weighted by Crippen LogP contribution is 2.21. The molecule has 0 unspecified atom stereocenters. The SMILES string of the molecule is O=C([C@H](N=Cc1ccccc1)c1ccccc1)N1CCOCC1. The van der Waals surface area contributed by atoms with Crippen LogP contribution in [0, 0.1) is 0 Å². The largest absolute Gasteiger partial charge is 0.378 e. The van der Waals surface area contributed by atoms with E-state index in [-0.39, 0.29) is 5.91 Å². The van der Waals surface area contributed by atoms with Crippen molar-refractivity contribution < 1.29 is 9.53 Å². The smallest absolute Gasteiger partial charge is 0.252 e. The van der Waals surface area contributed by atoms with Crippen molar-refractivity contribution in [3.8, 4) is 0 Å². The van der Waals surface area contributed by atoms with Crippen LogP contribution in [0.5, 0.6) is 0 Å². The molecule has 1 heterocycles. The van der Waals surface area contributed by atoms with Crippen LogP contribution in [0.4, 0.5) is 0 Å². The van der Waals surface area contributed by atoms with E-state index >= 15 is 0 Å². The zero-order valence-electron chi connectivity index (χ0n) is 13.0. The number of amides is 1. The first kappa shape index (κ1) is 15.4. The third-order valence-electron chi connectivity index (χ3n) is 3.84. The van der Waals surface area contributed by atoms with Gasteiger partial charge in [0, 0.05) is 19.3 Å². The van der Waals surface area contributed by atoms with Crippen molar-refractivity contribution in [2.24, 2.45) is 4.99 Å². The third-order valence-corrected chi connectivity index (χ3v) is 3.84. The summed E-state index contributed by atoms with van der Waals surface area (Å²) in [6, 6.07) is 19.1. The summed E-state index contributed by atoms with van der Waals surface area (Å²) < 4.78 is 5.33. The molecule has 1 saturated heterocycles. The summed E-state index contributed by atoms with van der Waals surface area (Å²) in [7, 11) is 0. The summed E-state index contributed by atoms with van der Waals surface area (Å²) in [4.78, 5) is 19.3. The zero-order valence-corrected chi connectivity index (χ0v) is 13.0. The Labute approximate surface area is 136 Å². The third kappa shape index (κ3) is 4.05. The lowest BCUT2D eigenvalue weighted by atomic mass is 10.1. The number of morpholine rings is 1. The average Bonchev–Trinajstić information content (AvgIpc) is 2.64. The van der Waals surface area contributed by atoms with E-state index < -0.39 is 6.04 Å². The van der Waals surface area contributed by atoms with Gasteiger partial charge < -0.3 is 9.64 Å². The van der Waals surface area contributed by atoms with Gasteiger partial charge in [0.1, 0.15) is 0 Å². The number of hydrogen-bond acceptors (Lipinski definition) is 3. The Balaban J connectivity index is 1.84. The summed E-state index contributed by atoms with van der Waals surface area (Å²) in [5.74, 6) is 0.0340. The van der Waals surface area contributed by atoms with Crippen molar-refractivity contribution >= 4 is 12.1 Å². The van der Waals surface area contributed by atoms with E-state index in [9.17, 15) is 4.79 Å². The Hall–Kier alpha value is -2.46. The highest BCUT2D eigenvalue weighted by atomic mass is 16.5. The molecule has 2 aromatic carbocycles. The van der Waals surface area contributed by atoms with Gasteiger partial charge in [0.25, 0.3) is 5.91 Å². The molecule has 1 aliphatic heterocycles. The Morgan fingerprint density at radius 3 is 2.26 bits per heavy atom. The summed E-state index contributed by atoms with van der Waals surface area (Å²) in [6.45, 7) is 2.44. The number of benzene rings is 2. The van der Waals surface area contributed by atoms with Crippen molar-refractivity contribution in [1.82, 2.24) is 4.90 Å². The Morgan fingerprint density at radius 2 is 1.61 bits per heavy atom. The first-order chi connectivity index (χ1) is 11.3. The fourth-order valence-electron chi connectivity index (χ4n) is 2.58. The predicted octanol–water partition coefficient (Wildman–Crippen LogP) is 2.71. The van der Waals surface area contributed by atoms with E-state index in [4.69, 9.17) is 4.74 Å². The number of nitrogens with zero attached hydrogens (tertiary/aromatic N) is 2. The molecule has 0 aromatic heterocycles. The van der Waals surface area contributed by atoms with Gasteiger partial charge in [-0.25, -0.2) is 0 Å². The van der Waals surface area contributed by atoms with Gasteiger partial charge in [0.2, 0.25) is 0 Å². The van der Waals surface area contributed by atoms with E-state index in [1.54, 1.807) is 6.21 Å². The van der Waals surface area contributed by atoms with Crippen LogP contribution >= 0.6 is 0 Å². The molecule has 2 aromatic rings. The maximum Gasteiger partial charge on any atom is 0.252 e. The molecule has 0 bridgehead atoms. The monoisotopic (exact) mass is 308 g/mol. The van der Waals surface area contributed by atoms with Crippen LogP contribution in [0.25, 0.3) is 0 Å². The molecule has 0 radical (unpaired) electrons. The normalized spacial score (nSPS) is 16.4. The van der Waals surface area contributed by atoms with E-state index in [2.05, 4.69) is 4.99 Å². The van der Waals surface area contributed by atoms with Crippen molar-refractivity contribution in [2.75, 3.05) is 26.3 Å². The minimum absolute atomic E-state index is 0.0340. The maximum absolute atomic E-state index is 12.9. The van der Waals surface area contributed by atoms with Gasteiger partial charge in [0.05, 0.1) is 13.2 Å². The molecule has 3 rings (SSSR count). The molecular formula is C19H20N2O2. The number of carbonyl (C=O) groups excluding carboxylic acids is 1. The lowest BCUT2D eigenvalue weighted by Crippen LogP contribution is -2.42. The average molecular weight is 308 g/mol. The molecule has 1 aliphatic rings. The first-order valence-corrected chi connectivity index (χ1v) is 7.84. The number of aliphatic imine (C=N–C) groups is 1. The van der Waals surface area contributed by atoms with Crippen LogP contribution in [-0.4, -0.2) is 43.3 Å². The van der Waals surface area contributed by atoms with E-state index in [1.807, 2.05) is 65.6 Å². The molecule has 0 spiro atoms. The predicted molar refractivity (Wildman–Crippen MR) is 90.6 cm³/mol. The molecule has 0 N–H and O–H groups in total. The molecular weight excluding hydrogens is 288 g/mol. The highest BCUT2D eigenvalue weighted by Gasteiger charge is 2.26. The Bertz CT molecular complexity index is 650. The van der Waals surface area contributed by atoms with Crippen LogP contribution in [-0.2, 0) is 9.53 Å². The molecule has 4 nitrogen and oxygen atoms in total. The molecule has 0 aliphatic carbocycles. The summed E-state index contributed by atoms with van der Waals surface area (Å²) in [5, 5.41) is 0. The standard InChI is InChI=1S/C19H20N2O2/c22-19(21-11-13-23-14-12-21)18(17-9-5-2-6-10-17)20-15-16-7-3-1-4-8-16/h1-10,15,18H,11-14H2/t18-/m1/s1. The molecule has 4 heteroatoms. The van der Waals surface area contributed by atoms with Gasteiger partial charge in [-0.1, -0.05) is 60.7 Å². The molecule has 23 heavy (non-hydrogen) atoms. The molecule has 1 amide bonds. The second kappa shape index (κ2) is 7.70. The van der Waals surface area contributed by atoms with E-state index in [1.165, 1.54) is 0 Å². The highest BCUT2D eigenvalue weighted by molar-refractivity contribution is 5.87. The Morgan fingerprint density at radius 1 is 1.00 bits per heavy atom. The van der Waals surface area contributed by atoms with Gasteiger partial charge in [-0.05, 0) is 11.1 Å². The second-order valence-corrected chi connectivity index (χ2v) is 5.44. The lowest BCUT2D eigenvalue weighted by molar-refractivity contribution is -0.136. The second-order valence-electron chi connectivity index (χ2n) is 5.44. The van der Waals surface area contributed by atoms with Gasteiger partial charge in [0.15, 0.2) is 6.04 Å². The van der Waals surface area contributed by atoms with Crippen molar-refractivity contribution in [3.63, 3.8) is 0 Å². The minimum atomic E-state index is -0.505. The van der Waals surface area contributed by atoms with E-state index in [0.717, 1.165) is 11.1 Å². The van der Waals surface area contributed by atoms with Crippen LogP contribution < -0.4 is 0 Å². The number of rotatable bonds is 4. The van der Waals surface area contributed by atoms with Gasteiger partial charge in [-0.3, -0.25) is 9.79 Å². The first-order valence-electron chi connectivity index (χ1n) is 7.84. The lowest BCUT2D eigenvalue weighted by Gasteiger charge is -2.29. The minimum Gasteiger partial charge on any atom is -0.378 e. The fraction of sp³-hybridized carbons (Fsp3) is 0.263. The van der Waals surface area contributed by atoms with E-state index in [0.29, 0.717) is 26.3 Å². The molecule has 1 atom stereocenters. The fourth-order valence-corrected chi connectivity index (χ4v) is 2.58. The van der Waals surface area contributed by atoms with Crippen LogP contribution in [0.2, 0.25) is 0 Å². The van der Waals surface area contributed by atoms with Crippen LogP contribution in [0.1, 0.15) is 17.2 Å². The number of hydrogen-bond donors (Lipinski definition) is 0. The summed E-state index contributed by atoms with van der Waals surface area (Å²) in [5.41, 5.74) is 1.90. The van der Waals surface area contributed by atoms with Crippen molar-refractivity contribution in [3.05, 3.63) is 71.8 Å². The van der Waals surface area contributed by atoms with Crippen LogP contribution in [0.15, 0.2) is 65.7 Å². The maximum atomic E-state index is 12.9. The van der Waals surface area contributed by atoms with Gasteiger partial charge in [-0.15, -0.1) is 0 Å². The molecule has 118 valence electrons. The Kier molecular flexibility index (Phi) is 5.17. The molecule has 1 fully saturated rings. The van der Waals surface area contributed by atoms with Crippen molar-refractivity contribution in [2.45, 2.75) is 6.04 Å². The zero-order chi connectivity index (χ0) is 15.9. The summed E-state index contributed by atoms with van der Waals surface area (Å²) in [6.07, 6.45) is 1.77. The van der Waals surface area contributed by atoms with Crippen molar-refractivity contribution in [1.29, 1.82) is 0 Å². The topological polar surface area (TPSA) is 41.9 Å². The quantitative estimate of drug-likeness (QED) is 0.815. The molecule has 0 saturated carbocycles.